The first-order valence-corrected chi connectivity index (χ1v) is 6.12. The second-order valence-electron chi connectivity index (χ2n) is 6.29. The zero-order chi connectivity index (χ0) is 12.1. The number of ketones is 1. The van der Waals surface area contributed by atoms with Gasteiger partial charge in [0.25, 0.3) is 0 Å². The Morgan fingerprint density at radius 1 is 1.44 bits per heavy atom. The van der Waals surface area contributed by atoms with Crippen molar-refractivity contribution in [2.24, 2.45) is 11.3 Å². The monoisotopic (exact) mass is 222 g/mol. The minimum absolute atomic E-state index is 0.0473. The Morgan fingerprint density at radius 3 is 2.62 bits per heavy atom. The molecule has 0 radical (unpaired) electrons. The molecule has 2 fully saturated rings. The highest BCUT2D eigenvalue weighted by Gasteiger charge is 2.64. The van der Waals surface area contributed by atoms with Gasteiger partial charge in [0.15, 0.2) is 0 Å². The maximum atomic E-state index is 11.2. The van der Waals surface area contributed by atoms with Crippen LogP contribution in [0.4, 0.5) is 0 Å². The van der Waals surface area contributed by atoms with Crippen LogP contribution in [0.2, 0.25) is 0 Å². The van der Waals surface area contributed by atoms with Crippen molar-refractivity contribution in [3.8, 4) is 0 Å². The van der Waals surface area contributed by atoms with Gasteiger partial charge in [-0.25, -0.2) is 0 Å². The zero-order valence-corrected chi connectivity index (χ0v) is 10.8. The van der Waals surface area contributed by atoms with E-state index in [4.69, 9.17) is 4.74 Å². The summed E-state index contributed by atoms with van der Waals surface area (Å²) in [6.07, 6.45) is 3.20. The number of hydrogen-bond acceptors (Lipinski definition) is 2. The summed E-state index contributed by atoms with van der Waals surface area (Å²) in [7, 11) is 0. The van der Waals surface area contributed by atoms with Gasteiger partial charge in [-0.3, -0.25) is 4.79 Å². The summed E-state index contributed by atoms with van der Waals surface area (Å²) in [5.74, 6) is 0.523. The standard InChI is InChI=1S/C14H22O2/c1-9(8-10(2)15)12-13(3,4)7-6-11-14(12,5)16-11/h11-12H,1,6-8H2,2-5H3/t11-,12+,14-/m0/s1. The van der Waals surface area contributed by atoms with Crippen molar-refractivity contribution in [1.82, 2.24) is 0 Å². The molecule has 1 aliphatic carbocycles. The van der Waals surface area contributed by atoms with E-state index in [9.17, 15) is 4.79 Å². The molecule has 1 saturated carbocycles. The third-order valence-electron chi connectivity index (χ3n) is 4.27. The van der Waals surface area contributed by atoms with E-state index in [0.717, 1.165) is 18.4 Å². The molecule has 1 saturated heterocycles. The molecule has 3 atom stereocenters. The summed E-state index contributed by atoms with van der Waals surface area (Å²) in [4.78, 5) is 11.2. The summed E-state index contributed by atoms with van der Waals surface area (Å²) < 4.78 is 5.84. The largest absolute Gasteiger partial charge is 0.366 e. The molecular formula is C14H22O2. The highest BCUT2D eigenvalue weighted by molar-refractivity contribution is 5.78. The number of carbonyl (C=O) groups is 1. The lowest BCUT2D eigenvalue weighted by Gasteiger charge is -2.41. The molecule has 2 heteroatoms. The first-order chi connectivity index (χ1) is 7.27. The second-order valence-corrected chi connectivity index (χ2v) is 6.29. The number of Topliss-reactive ketones (excluding diaryl/α,β-unsaturated/α-hetero) is 1. The lowest BCUT2D eigenvalue weighted by Crippen LogP contribution is -2.41. The minimum atomic E-state index is -0.0473. The quantitative estimate of drug-likeness (QED) is 0.542. The third-order valence-corrected chi connectivity index (χ3v) is 4.27. The summed E-state index contributed by atoms with van der Waals surface area (Å²) in [6.45, 7) is 12.5. The van der Waals surface area contributed by atoms with Gasteiger partial charge < -0.3 is 4.74 Å². The molecule has 0 bridgehead atoms. The van der Waals surface area contributed by atoms with E-state index in [-0.39, 0.29) is 16.8 Å². The normalized spacial score (nSPS) is 40.0. The number of carbonyl (C=O) groups excluding carboxylic acids is 1. The fraction of sp³-hybridized carbons (Fsp3) is 0.786. The van der Waals surface area contributed by atoms with Gasteiger partial charge in [0.2, 0.25) is 0 Å². The second kappa shape index (κ2) is 3.43. The van der Waals surface area contributed by atoms with Crippen LogP contribution in [0, 0.1) is 11.3 Å². The smallest absolute Gasteiger partial charge is 0.133 e. The maximum absolute atomic E-state index is 11.2. The van der Waals surface area contributed by atoms with Crippen molar-refractivity contribution >= 4 is 5.78 Å². The van der Waals surface area contributed by atoms with Crippen LogP contribution in [0.15, 0.2) is 12.2 Å². The Kier molecular flexibility index (Phi) is 2.54. The predicted molar refractivity (Wildman–Crippen MR) is 64.2 cm³/mol. The molecule has 0 aromatic carbocycles. The van der Waals surface area contributed by atoms with E-state index in [2.05, 4.69) is 27.4 Å². The van der Waals surface area contributed by atoms with E-state index >= 15 is 0 Å². The van der Waals surface area contributed by atoms with Crippen molar-refractivity contribution in [2.45, 2.75) is 58.7 Å². The number of hydrogen-bond donors (Lipinski definition) is 0. The van der Waals surface area contributed by atoms with Crippen molar-refractivity contribution in [3.05, 3.63) is 12.2 Å². The number of epoxide rings is 1. The molecular weight excluding hydrogens is 200 g/mol. The highest BCUT2D eigenvalue weighted by atomic mass is 16.6. The van der Waals surface area contributed by atoms with Crippen LogP contribution in [0.5, 0.6) is 0 Å². The zero-order valence-electron chi connectivity index (χ0n) is 10.8. The molecule has 2 rings (SSSR count). The summed E-state index contributed by atoms with van der Waals surface area (Å²) in [6, 6.07) is 0. The average Bonchev–Trinajstić information content (AvgIpc) is 2.72. The van der Waals surface area contributed by atoms with Crippen LogP contribution in [0.1, 0.15) is 47.0 Å². The molecule has 16 heavy (non-hydrogen) atoms. The summed E-state index contributed by atoms with van der Waals surface area (Å²) in [5, 5.41) is 0. The van der Waals surface area contributed by atoms with Gasteiger partial charge >= 0.3 is 0 Å². The Morgan fingerprint density at radius 2 is 2.06 bits per heavy atom. The van der Waals surface area contributed by atoms with E-state index in [0.29, 0.717) is 18.4 Å². The Labute approximate surface area is 98.1 Å². The van der Waals surface area contributed by atoms with E-state index < -0.39 is 0 Å². The van der Waals surface area contributed by atoms with Gasteiger partial charge in [-0.15, -0.1) is 0 Å². The summed E-state index contributed by atoms with van der Waals surface area (Å²) >= 11 is 0. The number of ether oxygens (including phenoxy) is 1. The molecule has 2 nitrogen and oxygen atoms in total. The molecule has 1 heterocycles. The van der Waals surface area contributed by atoms with Gasteiger partial charge in [0.1, 0.15) is 5.78 Å². The molecule has 0 aromatic heterocycles. The van der Waals surface area contributed by atoms with Crippen LogP contribution in [0.25, 0.3) is 0 Å². The summed E-state index contributed by atoms with van der Waals surface area (Å²) in [5.41, 5.74) is 1.21. The van der Waals surface area contributed by atoms with E-state index in [1.54, 1.807) is 6.92 Å². The average molecular weight is 222 g/mol. The lowest BCUT2D eigenvalue weighted by molar-refractivity contribution is -0.116. The SMILES string of the molecule is C=C(CC(C)=O)[C@@H]1C(C)(C)CC[C@@H]2O[C@@]21C. The van der Waals surface area contributed by atoms with Crippen LogP contribution >= 0.6 is 0 Å². The van der Waals surface area contributed by atoms with E-state index in [1.807, 2.05) is 0 Å². The minimum Gasteiger partial charge on any atom is -0.366 e. The molecule has 0 amide bonds. The maximum Gasteiger partial charge on any atom is 0.133 e. The van der Waals surface area contributed by atoms with Gasteiger partial charge in [-0.1, -0.05) is 26.0 Å². The number of rotatable bonds is 3. The van der Waals surface area contributed by atoms with Gasteiger partial charge in [0, 0.05) is 12.3 Å². The molecule has 90 valence electrons. The van der Waals surface area contributed by atoms with Crippen molar-refractivity contribution in [2.75, 3.05) is 0 Å². The first kappa shape index (κ1) is 11.8. The number of fused-ring (bicyclic) bond motifs is 1. The van der Waals surface area contributed by atoms with Crippen LogP contribution in [-0.4, -0.2) is 17.5 Å². The molecule has 0 N–H and O–H groups in total. The van der Waals surface area contributed by atoms with E-state index in [1.165, 1.54) is 0 Å². The van der Waals surface area contributed by atoms with Crippen LogP contribution < -0.4 is 0 Å². The van der Waals surface area contributed by atoms with Gasteiger partial charge in [-0.2, -0.15) is 0 Å². The fourth-order valence-electron chi connectivity index (χ4n) is 3.67. The van der Waals surface area contributed by atoms with Crippen molar-refractivity contribution < 1.29 is 9.53 Å². The van der Waals surface area contributed by atoms with Crippen molar-refractivity contribution in [1.29, 1.82) is 0 Å². The lowest BCUT2D eigenvalue weighted by atomic mass is 9.61. The molecule has 0 unspecified atom stereocenters. The Balaban J connectivity index is 2.21. The van der Waals surface area contributed by atoms with Crippen LogP contribution in [0.3, 0.4) is 0 Å². The first-order valence-electron chi connectivity index (χ1n) is 6.12. The molecule has 0 spiro atoms. The topological polar surface area (TPSA) is 29.6 Å². The Bertz CT molecular complexity index is 338. The molecule has 1 aliphatic heterocycles. The predicted octanol–water partition coefficient (Wildman–Crippen LogP) is 3.12. The van der Waals surface area contributed by atoms with Gasteiger partial charge in [0.05, 0.1) is 11.7 Å². The highest BCUT2D eigenvalue weighted by Crippen LogP contribution is 2.60. The van der Waals surface area contributed by atoms with Crippen molar-refractivity contribution in [3.63, 3.8) is 0 Å². The van der Waals surface area contributed by atoms with Gasteiger partial charge in [-0.05, 0) is 32.1 Å². The third kappa shape index (κ3) is 1.73. The molecule has 2 aliphatic rings. The fourth-order valence-corrected chi connectivity index (χ4v) is 3.67. The molecule has 0 aromatic rings. The Hall–Kier alpha value is -0.630. The van der Waals surface area contributed by atoms with Crippen LogP contribution in [-0.2, 0) is 9.53 Å².